The van der Waals surface area contributed by atoms with Gasteiger partial charge < -0.3 is 5.32 Å². The van der Waals surface area contributed by atoms with E-state index < -0.39 is 11.9 Å². The van der Waals surface area contributed by atoms with Crippen LogP contribution in [0, 0.1) is 5.95 Å². The molecule has 0 saturated carbocycles. The van der Waals surface area contributed by atoms with Crippen molar-refractivity contribution < 1.29 is 9.18 Å². The zero-order chi connectivity index (χ0) is 21.0. The Labute approximate surface area is 174 Å². The van der Waals surface area contributed by atoms with Crippen LogP contribution < -0.4 is 5.32 Å². The average Bonchev–Trinajstić information content (AvgIpc) is 3.39. The van der Waals surface area contributed by atoms with Crippen LogP contribution >= 0.6 is 11.6 Å². The van der Waals surface area contributed by atoms with Crippen molar-refractivity contribution in [3.05, 3.63) is 59.1 Å². The number of halogens is 2. The fourth-order valence-electron chi connectivity index (χ4n) is 4.00. The third-order valence-corrected chi connectivity index (χ3v) is 5.50. The lowest BCUT2D eigenvalue weighted by Gasteiger charge is -2.19. The minimum atomic E-state index is -0.605. The van der Waals surface area contributed by atoms with E-state index in [1.54, 1.807) is 12.3 Å². The van der Waals surface area contributed by atoms with Crippen LogP contribution in [0.5, 0.6) is 0 Å². The zero-order valence-corrected chi connectivity index (χ0v) is 16.8. The number of anilines is 1. The van der Waals surface area contributed by atoms with Crippen LogP contribution in [0.3, 0.4) is 0 Å². The maximum Gasteiger partial charge on any atom is 0.235 e. The van der Waals surface area contributed by atoms with E-state index in [1.807, 2.05) is 13.8 Å². The van der Waals surface area contributed by atoms with Gasteiger partial charge in [-0.2, -0.15) is 14.6 Å². The first-order valence-electron chi connectivity index (χ1n) is 9.21. The zero-order valence-electron chi connectivity index (χ0n) is 16.0. The molecule has 1 aliphatic carbocycles. The van der Waals surface area contributed by atoms with Crippen molar-refractivity contribution >= 4 is 28.8 Å². The summed E-state index contributed by atoms with van der Waals surface area (Å²) in [6, 6.07) is 2.87. The van der Waals surface area contributed by atoms with Crippen LogP contribution in [0.2, 0.25) is 5.02 Å². The summed E-state index contributed by atoms with van der Waals surface area (Å²) in [5, 5.41) is 15.1. The van der Waals surface area contributed by atoms with Crippen molar-refractivity contribution in [2.24, 2.45) is 0 Å². The summed E-state index contributed by atoms with van der Waals surface area (Å²) >= 11 is 6.29. The molecule has 1 aliphatic rings. The third-order valence-electron chi connectivity index (χ3n) is 5.23. The van der Waals surface area contributed by atoms with Gasteiger partial charge in [0.25, 0.3) is 0 Å². The van der Waals surface area contributed by atoms with E-state index in [9.17, 15) is 9.18 Å². The first-order chi connectivity index (χ1) is 14.3. The van der Waals surface area contributed by atoms with Gasteiger partial charge in [0, 0.05) is 23.2 Å². The monoisotopic (exact) mass is 426 g/mol. The molecule has 4 heterocycles. The predicted molar refractivity (Wildman–Crippen MR) is 106 cm³/mol. The van der Waals surface area contributed by atoms with E-state index in [0.29, 0.717) is 28.6 Å². The van der Waals surface area contributed by atoms with Crippen LogP contribution in [0.15, 0.2) is 36.9 Å². The highest BCUT2D eigenvalue weighted by atomic mass is 35.5. The lowest BCUT2D eigenvalue weighted by atomic mass is 9.88. The molecule has 0 radical (unpaired) electrons. The van der Waals surface area contributed by atoms with E-state index in [1.165, 1.54) is 34.0 Å². The van der Waals surface area contributed by atoms with E-state index in [2.05, 4.69) is 30.6 Å². The number of carbonyl (C=O) groups excluding carboxylic acids is 1. The number of hydrogen-bond acceptors (Lipinski definition) is 6. The summed E-state index contributed by atoms with van der Waals surface area (Å²) in [6.07, 6.45) is 6.69. The van der Waals surface area contributed by atoms with Crippen molar-refractivity contribution in [1.82, 2.24) is 34.6 Å². The summed E-state index contributed by atoms with van der Waals surface area (Å²) < 4.78 is 15.2. The standard InChI is InChI=1S/C19H16ClFN8O/c1-19(2)7-11(12-9-22-15-6-14(21)27-28(15)16(12)19)18(30)26-10-5-13(20)17(23-8-10)29-24-3-4-25-29/h3-6,8-9,11H,7H2,1-2H3,(H,26,30)/t11-/m0/s1. The molecular weight excluding hydrogens is 411 g/mol. The van der Waals surface area contributed by atoms with Crippen molar-refractivity contribution in [2.45, 2.75) is 31.6 Å². The highest BCUT2D eigenvalue weighted by Crippen LogP contribution is 2.45. The smallest absolute Gasteiger partial charge is 0.235 e. The molecule has 0 saturated heterocycles. The van der Waals surface area contributed by atoms with Crippen molar-refractivity contribution in [2.75, 3.05) is 5.32 Å². The summed E-state index contributed by atoms with van der Waals surface area (Å²) in [5.74, 6) is -0.935. The molecule has 9 nitrogen and oxygen atoms in total. The Bertz CT molecular complexity index is 1280. The highest BCUT2D eigenvalue weighted by molar-refractivity contribution is 6.32. The minimum Gasteiger partial charge on any atom is -0.324 e. The SMILES string of the molecule is CC1(C)C[C@H](C(=O)Nc2cnc(-n3nccn3)c(Cl)c2)c2cnc3cc(F)nn3c21. The molecule has 30 heavy (non-hydrogen) atoms. The molecule has 0 bridgehead atoms. The maximum atomic E-state index is 13.7. The number of fused-ring (bicyclic) bond motifs is 3. The predicted octanol–water partition coefficient (Wildman–Crippen LogP) is 2.90. The van der Waals surface area contributed by atoms with Crippen LogP contribution in [-0.4, -0.2) is 40.5 Å². The van der Waals surface area contributed by atoms with Gasteiger partial charge in [0.2, 0.25) is 11.9 Å². The van der Waals surface area contributed by atoms with Gasteiger partial charge in [-0.25, -0.2) is 14.5 Å². The van der Waals surface area contributed by atoms with E-state index in [4.69, 9.17) is 11.6 Å². The molecule has 0 spiro atoms. The van der Waals surface area contributed by atoms with Crippen LogP contribution in [0.25, 0.3) is 11.5 Å². The Hall–Kier alpha value is -3.40. The second-order valence-electron chi connectivity index (χ2n) is 7.78. The minimum absolute atomic E-state index is 0.224. The fourth-order valence-corrected chi connectivity index (χ4v) is 4.24. The number of amides is 1. The molecule has 152 valence electrons. The molecule has 0 aliphatic heterocycles. The van der Waals surface area contributed by atoms with E-state index >= 15 is 0 Å². The fraction of sp³-hybridized carbons (Fsp3) is 0.263. The average molecular weight is 427 g/mol. The Kier molecular flexibility index (Phi) is 4.07. The molecular formula is C19H16ClFN8O. The second kappa shape index (κ2) is 6.56. The lowest BCUT2D eigenvalue weighted by Crippen LogP contribution is -2.21. The second-order valence-corrected chi connectivity index (χ2v) is 8.18. The third kappa shape index (κ3) is 2.91. The summed E-state index contributed by atoms with van der Waals surface area (Å²) in [7, 11) is 0. The van der Waals surface area contributed by atoms with Crippen LogP contribution in [-0.2, 0) is 10.2 Å². The Morgan fingerprint density at radius 2 is 2.00 bits per heavy atom. The number of pyridine rings is 1. The number of rotatable bonds is 3. The largest absolute Gasteiger partial charge is 0.324 e. The van der Waals surface area contributed by atoms with E-state index in [0.717, 1.165) is 11.3 Å². The number of nitrogens with one attached hydrogen (secondary N) is 1. The van der Waals surface area contributed by atoms with Gasteiger partial charge in [0.05, 0.1) is 40.9 Å². The van der Waals surface area contributed by atoms with Crippen LogP contribution in [0.4, 0.5) is 10.1 Å². The van der Waals surface area contributed by atoms with E-state index in [-0.39, 0.29) is 11.3 Å². The van der Waals surface area contributed by atoms with Gasteiger partial charge >= 0.3 is 0 Å². The first-order valence-corrected chi connectivity index (χ1v) is 9.59. The molecule has 1 amide bonds. The van der Waals surface area contributed by atoms with Gasteiger partial charge in [-0.15, -0.1) is 9.90 Å². The van der Waals surface area contributed by atoms with Gasteiger partial charge in [-0.1, -0.05) is 25.4 Å². The first kappa shape index (κ1) is 18.6. The van der Waals surface area contributed by atoms with Gasteiger partial charge in [-0.05, 0) is 12.5 Å². The van der Waals surface area contributed by atoms with Gasteiger partial charge in [-0.3, -0.25) is 4.79 Å². The number of nitrogens with zero attached hydrogens (tertiary/aromatic N) is 7. The van der Waals surface area contributed by atoms with Crippen molar-refractivity contribution in [1.29, 1.82) is 0 Å². The maximum absolute atomic E-state index is 13.7. The van der Waals surface area contributed by atoms with Gasteiger partial charge in [0.15, 0.2) is 11.5 Å². The molecule has 4 aromatic rings. The number of carbonyl (C=O) groups is 1. The Balaban J connectivity index is 1.46. The molecule has 4 aromatic heterocycles. The summed E-state index contributed by atoms with van der Waals surface area (Å²) in [5.41, 5.74) is 1.99. The molecule has 0 fully saturated rings. The highest BCUT2D eigenvalue weighted by Gasteiger charge is 2.43. The Morgan fingerprint density at radius 1 is 1.23 bits per heavy atom. The van der Waals surface area contributed by atoms with Crippen LogP contribution in [0.1, 0.15) is 37.4 Å². The molecule has 1 N–H and O–H groups in total. The van der Waals surface area contributed by atoms with Gasteiger partial charge in [0.1, 0.15) is 0 Å². The van der Waals surface area contributed by atoms with Crippen molar-refractivity contribution in [3.63, 3.8) is 0 Å². The quantitative estimate of drug-likeness (QED) is 0.540. The summed E-state index contributed by atoms with van der Waals surface area (Å²) in [4.78, 5) is 22.9. The molecule has 1 atom stereocenters. The Morgan fingerprint density at radius 3 is 2.73 bits per heavy atom. The van der Waals surface area contributed by atoms with Crippen molar-refractivity contribution in [3.8, 4) is 5.82 Å². The molecule has 11 heteroatoms. The molecule has 5 rings (SSSR count). The molecule has 0 aromatic carbocycles. The topological polar surface area (TPSA) is 103 Å². The lowest BCUT2D eigenvalue weighted by molar-refractivity contribution is -0.117. The number of aromatic nitrogens is 7. The normalized spacial score (nSPS) is 17.3. The number of hydrogen-bond donors (Lipinski definition) is 1. The molecule has 0 unspecified atom stereocenters. The summed E-state index contributed by atoms with van der Waals surface area (Å²) in [6.45, 7) is 4.00.